The third kappa shape index (κ3) is 4.46. The van der Waals surface area contributed by atoms with Gasteiger partial charge < -0.3 is 10.1 Å². The summed E-state index contributed by atoms with van der Waals surface area (Å²) in [6.45, 7) is 1.91. The summed E-state index contributed by atoms with van der Waals surface area (Å²) < 4.78 is 5.71. The molecule has 2 aromatic carbocycles. The molecule has 0 fully saturated rings. The highest BCUT2D eigenvalue weighted by molar-refractivity contribution is 6.05. The number of carbonyl (C=O) groups is 1. The minimum Gasteiger partial charge on any atom is -0.489 e. The standard InChI is InChI=1S/C20H17N3O4/c1-14-18(8-3-9-19(14)23(25)26)20(24)22-16-6-2-7-17(11-16)27-13-15-5-4-10-21-12-15/h2-12H,13H2,1H3,(H,22,24). The van der Waals surface area contributed by atoms with Gasteiger partial charge in [-0.1, -0.05) is 18.2 Å². The molecule has 0 radical (unpaired) electrons. The molecule has 0 atom stereocenters. The zero-order chi connectivity index (χ0) is 19.2. The molecule has 0 unspecified atom stereocenters. The van der Waals surface area contributed by atoms with Crippen LogP contribution in [0.1, 0.15) is 21.5 Å². The molecule has 136 valence electrons. The van der Waals surface area contributed by atoms with Crippen molar-refractivity contribution in [2.75, 3.05) is 5.32 Å². The number of nitrogens with zero attached hydrogens (tertiary/aromatic N) is 2. The molecule has 27 heavy (non-hydrogen) atoms. The van der Waals surface area contributed by atoms with Gasteiger partial charge >= 0.3 is 0 Å². The summed E-state index contributed by atoms with van der Waals surface area (Å²) in [6, 6.07) is 15.1. The quantitative estimate of drug-likeness (QED) is 0.525. The molecule has 0 saturated heterocycles. The van der Waals surface area contributed by atoms with E-state index in [-0.39, 0.29) is 11.3 Å². The first-order chi connectivity index (χ1) is 13.0. The van der Waals surface area contributed by atoms with E-state index in [1.54, 1.807) is 49.6 Å². The second kappa shape index (κ2) is 8.09. The van der Waals surface area contributed by atoms with Crippen LogP contribution in [0.15, 0.2) is 67.0 Å². The first-order valence-corrected chi connectivity index (χ1v) is 8.22. The van der Waals surface area contributed by atoms with Crippen molar-refractivity contribution in [3.63, 3.8) is 0 Å². The van der Waals surface area contributed by atoms with Gasteiger partial charge in [0.25, 0.3) is 11.6 Å². The Bertz CT molecular complexity index is 974. The number of nitrogens with one attached hydrogen (secondary N) is 1. The fourth-order valence-corrected chi connectivity index (χ4v) is 2.58. The normalized spacial score (nSPS) is 10.3. The lowest BCUT2D eigenvalue weighted by Gasteiger charge is -2.10. The number of rotatable bonds is 6. The molecule has 0 aliphatic rings. The largest absolute Gasteiger partial charge is 0.489 e. The molecule has 1 amide bonds. The molecule has 1 aromatic heterocycles. The molecular formula is C20H17N3O4. The van der Waals surface area contributed by atoms with Gasteiger partial charge in [-0.3, -0.25) is 19.9 Å². The van der Waals surface area contributed by atoms with Gasteiger partial charge in [-0.15, -0.1) is 0 Å². The van der Waals surface area contributed by atoms with Crippen molar-refractivity contribution in [3.8, 4) is 5.75 Å². The fraction of sp³-hybridized carbons (Fsp3) is 0.100. The Hall–Kier alpha value is -3.74. The highest BCUT2D eigenvalue weighted by Gasteiger charge is 2.18. The molecule has 1 N–H and O–H groups in total. The number of aromatic nitrogens is 1. The summed E-state index contributed by atoms with van der Waals surface area (Å²) >= 11 is 0. The van der Waals surface area contributed by atoms with E-state index in [1.165, 1.54) is 12.1 Å². The van der Waals surface area contributed by atoms with Crippen LogP contribution in [0.2, 0.25) is 0 Å². The third-order valence-electron chi connectivity index (χ3n) is 3.97. The first kappa shape index (κ1) is 18.1. The van der Waals surface area contributed by atoms with Crippen LogP contribution in [-0.4, -0.2) is 15.8 Å². The Labute approximate surface area is 155 Å². The second-order valence-corrected chi connectivity index (χ2v) is 5.84. The summed E-state index contributed by atoms with van der Waals surface area (Å²) in [7, 11) is 0. The monoisotopic (exact) mass is 363 g/mol. The summed E-state index contributed by atoms with van der Waals surface area (Å²) in [5.41, 5.74) is 1.96. The van der Waals surface area contributed by atoms with Gasteiger partial charge in [0.05, 0.1) is 4.92 Å². The zero-order valence-electron chi connectivity index (χ0n) is 14.6. The number of nitro benzene ring substituents is 1. The van der Waals surface area contributed by atoms with Crippen LogP contribution >= 0.6 is 0 Å². The van der Waals surface area contributed by atoms with Gasteiger partial charge in [0.1, 0.15) is 12.4 Å². The molecule has 0 aliphatic carbocycles. The van der Waals surface area contributed by atoms with Gasteiger partial charge in [0, 0.05) is 46.9 Å². The van der Waals surface area contributed by atoms with Gasteiger partial charge in [-0.2, -0.15) is 0 Å². The van der Waals surface area contributed by atoms with E-state index in [9.17, 15) is 14.9 Å². The minimum atomic E-state index is -0.501. The number of amides is 1. The van der Waals surface area contributed by atoms with Crippen molar-refractivity contribution in [1.82, 2.24) is 4.98 Å². The number of nitro groups is 1. The Morgan fingerprint density at radius 1 is 1.19 bits per heavy atom. The average Bonchev–Trinajstić information content (AvgIpc) is 2.67. The van der Waals surface area contributed by atoms with Crippen molar-refractivity contribution in [1.29, 1.82) is 0 Å². The maximum Gasteiger partial charge on any atom is 0.273 e. The Balaban J connectivity index is 1.72. The highest BCUT2D eigenvalue weighted by Crippen LogP contribution is 2.23. The average molecular weight is 363 g/mol. The van der Waals surface area contributed by atoms with E-state index < -0.39 is 10.8 Å². The van der Waals surface area contributed by atoms with Crippen LogP contribution in [0.5, 0.6) is 5.75 Å². The zero-order valence-corrected chi connectivity index (χ0v) is 14.6. The molecule has 0 bridgehead atoms. The molecule has 3 aromatic rings. The van der Waals surface area contributed by atoms with Crippen molar-refractivity contribution in [3.05, 3.63) is 93.8 Å². The van der Waals surface area contributed by atoms with E-state index >= 15 is 0 Å². The number of benzene rings is 2. The summed E-state index contributed by atoms with van der Waals surface area (Å²) in [5.74, 6) is 0.174. The van der Waals surface area contributed by atoms with Crippen LogP contribution in [0.25, 0.3) is 0 Å². The van der Waals surface area contributed by atoms with E-state index in [1.807, 2.05) is 12.1 Å². The Morgan fingerprint density at radius 3 is 2.74 bits per heavy atom. The van der Waals surface area contributed by atoms with Crippen molar-refractivity contribution in [2.24, 2.45) is 0 Å². The molecule has 0 spiro atoms. The predicted octanol–water partition coefficient (Wildman–Crippen LogP) is 4.13. The SMILES string of the molecule is Cc1c(C(=O)Nc2cccc(OCc3cccnc3)c2)cccc1[N+](=O)[O-]. The molecule has 7 heteroatoms. The van der Waals surface area contributed by atoms with Crippen LogP contribution < -0.4 is 10.1 Å². The van der Waals surface area contributed by atoms with Gasteiger partial charge in [0.2, 0.25) is 0 Å². The molecule has 0 aliphatic heterocycles. The second-order valence-electron chi connectivity index (χ2n) is 5.84. The molecular weight excluding hydrogens is 346 g/mol. The van der Waals surface area contributed by atoms with Crippen LogP contribution in [0.3, 0.4) is 0 Å². The van der Waals surface area contributed by atoms with Crippen LogP contribution in [0, 0.1) is 17.0 Å². The number of anilines is 1. The topological polar surface area (TPSA) is 94.4 Å². The van der Waals surface area contributed by atoms with Crippen LogP contribution in [-0.2, 0) is 6.61 Å². The fourth-order valence-electron chi connectivity index (χ4n) is 2.58. The summed E-state index contributed by atoms with van der Waals surface area (Å²) in [5, 5.41) is 13.8. The first-order valence-electron chi connectivity index (χ1n) is 8.22. The van der Waals surface area contributed by atoms with Gasteiger partial charge in [0.15, 0.2) is 0 Å². The molecule has 3 rings (SSSR count). The van der Waals surface area contributed by atoms with E-state index in [0.29, 0.717) is 23.6 Å². The summed E-state index contributed by atoms with van der Waals surface area (Å²) in [6.07, 6.45) is 3.41. The Kier molecular flexibility index (Phi) is 5.41. The van der Waals surface area contributed by atoms with E-state index in [2.05, 4.69) is 10.3 Å². The highest BCUT2D eigenvalue weighted by atomic mass is 16.6. The Morgan fingerprint density at radius 2 is 2.00 bits per heavy atom. The minimum absolute atomic E-state index is 0.0868. The lowest BCUT2D eigenvalue weighted by molar-refractivity contribution is -0.385. The number of hydrogen-bond acceptors (Lipinski definition) is 5. The van der Waals surface area contributed by atoms with Gasteiger partial charge in [-0.05, 0) is 31.2 Å². The lowest BCUT2D eigenvalue weighted by atomic mass is 10.1. The molecule has 7 nitrogen and oxygen atoms in total. The van der Waals surface area contributed by atoms with Crippen molar-refractivity contribution >= 4 is 17.3 Å². The lowest BCUT2D eigenvalue weighted by Crippen LogP contribution is -2.14. The smallest absolute Gasteiger partial charge is 0.273 e. The van der Waals surface area contributed by atoms with Crippen molar-refractivity contribution < 1.29 is 14.5 Å². The van der Waals surface area contributed by atoms with Gasteiger partial charge in [-0.25, -0.2) is 0 Å². The molecule has 0 saturated carbocycles. The number of pyridine rings is 1. The molecule has 1 heterocycles. The van der Waals surface area contributed by atoms with E-state index in [0.717, 1.165) is 5.56 Å². The number of ether oxygens (including phenoxy) is 1. The number of carbonyl (C=O) groups excluding carboxylic acids is 1. The third-order valence-corrected chi connectivity index (χ3v) is 3.97. The predicted molar refractivity (Wildman–Crippen MR) is 101 cm³/mol. The van der Waals surface area contributed by atoms with Crippen LogP contribution in [0.4, 0.5) is 11.4 Å². The number of hydrogen-bond donors (Lipinski definition) is 1. The maximum atomic E-state index is 12.5. The summed E-state index contributed by atoms with van der Waals surface area (Å²) in [4.78, 5) is 27.1. The maximum absolute atomic E-state index is 12.5. The van der Waals surface area contributed by atoms with Crippen molar-refractivity contribution in [2.45, 2.75) is 13.5 Å². The van der Waals surface area contributed by atoms with E-state index in [4.69, 9.17) is 4.74 Å².